The van der Waals surface area contributed by atoms with Crippen molar-refractivity contribution in [1.82, 2.24) is 9.97 Å². The lowest BCUT2D eigenvalue weighted by Gasteiger charge is -2.29. The van der Waals surface area contributed by atoms with Crippen LogP contribution in [0.4, 0.5) is 11.8 Å². The molecule has 0 bridgehead atoms. The molecule has 1 heterocycles. The van der Waals surface area contributed by atoms with Crippen LogP contribution >= 0.6 is 11.8 Å². The van der Waals surface area contributed by atoms with Gasteiger partial charge in [-0.1, -0.05) is 6.42 Å². The van der Waals surface area contributed by atoms with E-state index in [2.05, 4.69) is 27.0 Å². The van der Waals surface area contributed by atoms with E-state index in [4.69, 9.17) is 5.84 Å². The molecule has 6 heteroatoms. The molecule has 1 fully saturated rings. The van der Waals surface area contributed by atoms with E-state index >= 15 is 0 Å². The Hall–Kier alpha value is -1.01. The molecule has 1 aromatic heterocycles. The number of aromatic nitrogens is 2. The average molecular weight is 267 g/mol. The highest BCUT2D eigenvalue weighted by Gasteiger charge is 2.21. The van der Waals surface area contributed by atoms with Crippen LogP contribution < -0.4 is 16.6 Å². The molecule has 5 nitrogen and oxygen atoms in total. The van der Waals surface area contributed by atoms with Gasteiger partial charge in [0.15, 0.2) is 0 Å². The summed E-state index contributed by atoms with van der Waals surface area (Å²) in [7, 11) is 0. The van der Waals surface area contributed by atoms with Crippen LogP contribution in [0.25, 0.3) is 0 Å². The average Bonchev–Trinajstić information content (AvgIpc) is 2.41. The van der Waals surface area contributed by atoms with Crippen molar-refractivity contribution in [3.8, 4) is 0 Å². The Labute approximate surface area is 112 Å². The summed E-state index contributed by atoms with van der Waals surface area (Å²) in [6.07, 6.45) is 9.02. The lowest BCUT2D eigenvalue weighted by atomic mass is 9.95. The van der Waals surface area contributed by atoms with E-state index in [0.717, 1.165) is 16.6 Å². The summed E-state index contributed by atoms with van der Waals surface area (Å²) < 4.78 is 0. The zero-order valence-corrected chi connectivity index (χ0v) is 11.8. The molecule has 1 aliphatic carbocycles. The summed E-state index contributed by atoms with van der Waals surface area (Å²) in [5, 5.41) is 4.30. The molecule has 0 amide bonds. The molecule has 2 unspecified atom stereocenters. The molecule has 0 spiro atoms. The minimum absolute atomic E-state index is 0.459. The quantitative estimate of drug-likeness (QED) is 0.573. The van der Waals surface area contributed by atoms with Gasteiger partial charge in [0.2, 0.25) is 5.95 Å². The Morgan fingerprint density at radius 2 is 2.28 bits per heavy atom. The Morgan fingerprint density at radius 1 is 1.44 bits per heavy atom. The van der Waals surface area contributed by atoms with Crippen LogP contribution in [0.3, 0.4) is 0 Å². The molecule has 2 rings (SSSR count). The maximum absolute atomic E-state index is 5.34. The smallest absolute Gasteiger partial charge is 0.239 e. The maximum Gasteiger partial charge on any atom is 0.239 e. The third-order valence-electron chi connectivity index (χ3n) is 3.40. The number of nitrogen functional groups attached to an aromatic ring is 1. The van der Waals surface area contributed by atoms with Crippen LogP contribution in [0.15, 0.2) is 6.20 Å². The topological polar surface area (TPSA) is 75.9 Å². The Bertz CT molecular complexity index is 398. The zero-order chi connectivity index (χ0) is 13.0. The fourth-order valence-corrected chi connectivity index (χ4v) is 3.17. The van der Waals surface area contributed by atoms with Gasteiger partial charge in [-0.2, -0.15) is 16.7 Å². The lowest BCUT2D eigenvalue weighted by molar-refractivity contribution is 0.472. The van der Waals surface area contributed by atoms with Crippen molar-refractivity contribution in [3.05, 3.63) is 11.8 Å². The van der Waals surface area contributed by atoms with Crippen LogP contribution in [-0.2, 0) is 0 Å². The predicted molar refractivity (Wildman–Crippen MR) is 77.8 cm³/mol. The first-order chi connectivity index (χ1) is 8.72. The minimum atomic E-state index is 0.459. The molecule has 1 saturated carbocycles. The molecule has 18 heavy (non-hydrogen) atoms. The Morgan fingerprint density at radius 3 is 3.00 bits per heavy atom. The van der Waals surface area contributed by atoms with Crippen molar-refractivity contribution >= 4 is 23.5 Å². The van der Waals surface area contributed by atoms with E-state index < -0.39 is 0 Å². The minimum Gasteiger partial charge on any atom is -0.367 e. The number of nitrogens with one attached hydrogen (secondary N) is 2. The van der Waals surface area contributed by atoms with Crippen LogP contribution in [0.2, 0.25) is 0 Å². The number of nitrogens with zero attached hydrogens (tertiary/aromatic N) is 2. The molecule has 100 valence electrons. The van der Waals surface area contributed by atoms with Gasteiger partial charge in [-0.05, 0) is 32.4 Å². The highest BCUT2D eigenvalue weighted by Crippen LogP contribution is 2.29. The summed E-state index contributed by atoms with van der Waals surface area (Å²) >= 11 is 1.97. The van der Waals surface area contributed by atoms with E-state index in [9.17, 15) is 0 Å². The highest BCUT2D eigenvalue weighted by atomic mass is 32.2. The molecule has 4 N–H and O–H groups in total. The highest BCUT2D eigenvalue weighted by molar-refractivity contribution is 7.99. The summed E-state index contributed by atoms with van der Waals surface area (Å²) in [6, 6.07) is 0.510. The van der Waals surface area contributed by atoms with Gasteiger partial charge in [0.1, 0.15) is 5.82 Å². The summed E-state index contributed by atoms with van der Waals surface area (Å²) in [5.41, 5.74) is 3.54. The van der Waals surface area contributed by atoms with Gasteiger partial charge < -0.3 is 5.32 Å². The normalized spacial score (nSPS) is 23.7. The van der Waals surface area contributed by atoms with Gasteiger partial charge in [-0.25, -0.2) is 10.8 Å². The van der Waals surface area contributed by atoms with Crippen molar-refractivity contribution in [2.75, 3.05) is 17.0 Å². The van der Waals surface area contributed by atoms with Crippen molar-refractivity contribution in [2.45, 2.75) is 43.9 Å². The van der Waals surface area contributed by atoms with E-state index in [1.165, 1.54) is 25.7 Å². The fourth-order valence-electron chi connectivity index (χ4n) is 2.34. The van der Waals surface area contributed by atoms with E-state index in [0.29, 0.717) is 12.0 Å². The number of thioether (sulfide) groups is 1. The summed E-state index contributed by atoms with van der Waals surface area (Å²) in [6.45, 7) is 2.01. The van der Waals surface area contributed by atoms with Gasteiger partial charge >= 0.3 is 0 Å². The number of anilines is 2. The molecule has 0 radical (unpaired) electrons. The Balaban J connectivity index is 2.04. The third-order valence-corrected chi connectivity index (χ3v) is 4.50. The summed E-state index contributed by atoms with van der Waals surface area (Å²) in [4.78, 5) is 8.46. The second-order valence-electron chi connectivity index (χ2n) is 4.74. The first-order valence-corrected chi connectivity index (χ1v) is 7.61. The van der Waals surface area contributed by atoms with Crippen LogP contribution in [-0.4, -0.2) is 27.5 Å². The van der Waals surface area contributed by atoms with Gasteiger partial charge in [0.25, 0.3) is 0 Å². The molecular weight excluding hydrogens is 246 g/mol. The van der Waals surface area contributed by atoms with E-state index in [1.54, 1.807) is 6.20 Å². The van der Waals surface area contributed by atoms with Crippen LogP contribution in [0.5, 0.6) is 0 Å². The SMILES string of the molecule is CSC1CCCC(Nc2nc(NN)ncc2C)C1. The molecular formula is C12H21N5S. The van der Waals surface area contributed by atoms with E-state index in [1.807, 2.05) is 18.7 Å². The van der Waals surface area contributed by atoms with Crippen molar-refractivity contribution in [2.24, 2.45) is 5.84 Å². The first-order valence-electron chi connectivity index (χ1n) is 6.32. The predicted octanol–water partition coefficient (Wildman–Crippen LogP) is 2.16. The molecule has 0 saturated heterocycles. The standard InChI is InChI=1S/C12H21N5S/c1-8-7-14-12(17-13)16-11(8)15-9-4-3-5-10(6-9)18-2/h7,9-10H,3-6,13H2,1-2H3,(H2,14,15,16,17). The second-order valence-corrected chi connectivity index (χ2v) is 5.87. The van der Waals surface area contributed by atoms with Gasteiger partial charge in [0.05, 0.1) is 0 Å². The second kappa shape index (κ2) is 6.24. The van der Waals surface area contributed by atoms with Gasteiger partial charge in [-0.3, -0.25) is 5.43 Å². The van der Waals surface area contributed by atoms with Crippen molar-refractivity contribution < 1.29 is 0 Å². The molecule has 1 aromatic rings. The summed E-state index contributed by atoms with van der Waals surface area (Å²) in [5.74, 6) is 6.69. The van der Waals surface area contributed by atoms with Gasteiger partial charge in [0, 0.05) is 23.1 Å². The number of rotatable bonds is 4. The van der Waals surface area contributed by atoms with Crippen LogP contribution in [0, 0.1) is 6.92 Å². The van der Waals surface area contributed by atoms with E-state index in [-0.39, 0.29) is 0 Å². The molecule has 0 aliphatic heterocycles. The number of hydrogen-bond acceptors (Lipinski definition) is 6. The van der Waals surface area contributed by atoms with Crippen molar-refractivity contribution in [3.63, 3.8) is 0 Å². The number of nitrogens with two attached hydrogens (primary N) is 1. The number of hydrazine groups is 1. The fraction of sp³-hybridized carbons (Fsp3) is 0.667. The van der Waals surface area contributed by atoms with Gasteiger partial charge in [-0.15, -0.1) is 0 Å². The largest absolute Gasteiger partial charge is 0.367 e. The van der Waals surface area contributed by atoms with Crippen molar-refractivity contribution in [1.29, 1.82) is 0 Å². The molecule has 2 atom stereocenters. The number of aryl methyl sites for hydroxylation is 1. The third kappa shape index (κ3) is 3.26. The maximum atomic E-state index is 5.34. The zero-order valence-electron chi connectivity index (χ0n) is 10.9. The lowest BCUT2D eigenvalue weighted by Crippen LogP contribution is -2.29. The molecule has 0 aromatic carbocycles. The molecule has 1 aliphatic rings. The van der Waals surface area contributed by atoms with Crippen LogP contribution in [0.1, 0.15) is 31.2 Å². The number of hydrogen-bond donors (Lipinski definition) is 3. The Kier molecular flexibility index (Phi) is 4.66. The monoisotopic (exact) mass is 267 g/mol. The first kappa shape index (κ1) is 13.4.